The molecular formula is C19H18N2O2. The van der Waals surface area contributed by atoms with E-state index < -0.39 is 0 Å². The summed E-state index contributed by atoms with van der Waals surface area (Å²) in [7, 11) is 1.63. The first kappa shape index (κ1) is 14.9. The standard InChI is InChI=1S/C19H18N2O2/c1-23-18-6-4-5-15(13-18)14-20-19(22)16-7-9-17(10-8-16)21-11-2-3-12-21/h2-13H,14H2,1H3,(H,20,22). The van der Waals surface area contributed by atoms with Crippen molar-refractivity contribution in [2.24, 2.45) is 0 Å². The van der Waals surface area contributed by atoms with Crippen LogP contribution in [0.15, 0.2) is 73.1 Å². The number of hydrogen-bond donors (Lipinski definition) is 1. The molecule has 4 heteroatoms. The summed E-state index contributed by atoms with van der Waals surface area (Å²) in [5, 5.41) is 2.92. The van der Waals surface area contributed by atoms with Crippen LogP contribution >= 0.6 is 0 Å². The van der Waals surface area contributed by atoms with Gasteiger partial charge < -0.3 is 14.6 Å². The van der Waals surface area contributed by atoms with E-state index in [2.05, 4.69) is 5.32 Å². The number of carbonyl (C=O) groups excluding carboxylic acids is 1. The molecule has 2 aromatic carbocycles. The molecule has 0 aliphatic carbocycles. The van der Waals surface area contributed by atoms with E-state index in [1.165, 1.54) is 0 Å². The molecule has 0 unspecified atom stereocenters. The minimum Gasteiger partial charge on any atom is -0.497 e. The molecule has 3 rings (SSSR count). The molecule has 1 aromatic heterocycles. The molecule has 4 nitrogen and oxygen atoms in total. The lowest BCUT2D eigenvalue weighted by atomic mass is 10.1. The number of aromatic nitrogens is 1. The van der Waals surface area contributed by atoms with Gasteiger partial charge >= 0.3 is 0 Å². The summed E-state index contributed by atoms with van der Waals surface area (Å²) in [4.78, 5) is 12.2. The summed E-state index contributed by atoms with van der Waals surface area (Å²) < 4.78 is 7.18. The summed E-state index contributed by atoms with van der Waals surface area (Å²) in [6, 6.07) is 19.1. The number of methoxy groups -OCH3 is 1. The van der Waals surface area contributed by atoms with Crippen LogP contribution in [0.4, 0.5) is 0 Å². The number of rotatable bonds is 5. The van der Waals surface area contributed by atoms with E-state index >= 15 is 0 Å². The third-order valence-corrected chi connectivity index (χ3v) is 3.62. The van der Waals surface area contributed by atoms with E-state index in [1.807, 2.05) is 77.6 Å². The molecule has 23 heavy (non-hydrogen) atoms. The third-order valence-electron chi connectivity index (χ3n) is 3.62. The fraction of sp³-hybridized carbons (Fsp3) is 0.105. The molecule has 1 amide bonds. The fourth-order valence-electron chi connectivity index (χ4n) is 2.36. The smallest absolute Gasteiger partial charge is 0.251 e. The first-order chi connectivity index (χ1) is 11.3. The van der Waals surface area contributed by atoms with Crippen molar-refractivity contribution in [3.8, 4) is 11.4 Å². The number of nitrogens with zero attached hydrogens (tertiary/aromatic N) is 1. The topological polar surface area (TPSA) is 43.3 Å². The van der Waals surface area contributed by atoms with Crippen molar-refractivity contribution in [2.75, 3.05) is 7.11 Å². The molecular weight excluding hydrogens is 288 g/mol. The number of carbonyl (C=O) groups is 1. The Kier molecular flexibility index (Phi) is 4.43. The highest BCUT2D eigenvalue weighted by Gasteiger charge is 2.06. The van der Waals surface area contributed by atoms with Gasteiger partial charge in [0.05, 0.1) is 7.11 Å². The summed E-state index contributed by atoms with van der Waals surface area (Å²) in [6.07, 6.45) is 3.94. The number of benzene rings is 2. The zero-order chi connectivity index (χ0) is 16.1. The molecule has 0 saturated carbocycles. The monoisotopic (exact) mass is 306 g/mol. The van der Waals surface area contributed by atoms with Crippen molar-refractivity contribution in [3.05, 3.63) is 84.2 Å². The van der Waals surface area contributed by atoms with Crippen molar-refractivity contribution in [2.45, 2.75) is 6.54 Å². The van der Waals surface area contributed by atoms with Gasteiger partial charge in [-0.05, 0) is 54.1 Å². The van der Waals surface area contributed by atoms with Gasteiger partial charge in [-0.25, -0.2) is 0 Å². The molecule has 0 aliphatic rings. The van der Waals surface area contributed by atoms with Gasteiger partial charge in [0.2, 0.25) is 0 Å². The number of nitrogens with one attached hydrogen (secondary N) is 1. The molecule has 0 atom stereocenters. The Morgan fingerprint density at radius 2 is 1.78 bits per heavy atom. The van der Waals surface area contributed by atoms with Crippen LogP contribution in [0.2, 0.25) is 0 Å². The Balaban J connectivity index is 1.64. The molecule has 0 bridgehead atoms. The van der Waals surface area contributed by atoms with Gasteiger partial charge in [-0.2, -0.15) is 0 Å². The van der Waals surface area contributed by atoms with Crippen LogP contribution in [-0.4, -0.2) is 17.6 Å². The molecule has 3 aromatic rings. The largest absolute Gasteiger partial charge is 0.497 e. The van der Waals surface area contributed by atoms with Gasteiger partial charge in [0.15, 0.2) is 0 Å². The van der Waals surface area contributed by atoms with Crippen molar-refractivity contribution in [1.82, 2.24) is 9.88 Å². The Labute approximate surface area is 135 Å². The minimum atomic E-state index is -0.0909. The van der Waals surface area contributed by atoms with Crippen LogP contribution in [0.25, 0.3) is 5.69 Å². The van der Waals surface area contributed by atoms with E-state index in [4.69, 9.17) is 4.74 Å². The Morgan fingerprint density at radius 3 is 2.48 bits per heavy atom. The summed E-state index contributed by atoms with van der Waals surface area (Å²) in [6.45, 7) is 0.468. The molecule has 1 heterocycles. The highest BCUT2D eigenvalue weighted by molar-refractivity contribution is 5.94. The lowest BCUT2D eigenvalue weighted by Gasteiger charge is -2.08. The second-order valence-electron chi connectivity index (χ2n) is 5.17. The average molecular weight is 306 g/mol. The van der Waals surface area contributed by atoms with Crippen molar-refractivity contribution in [1.29, 1.82) is 0 Å². The summed E-state index contributed by atoms with van der Waals surface area (Å²) in [5.41, 5.74) is 2.67. The van der Waals surface area contributed by atoms with Crippen molar-refractivity contribution in [3.63, 3.8) is 0 Å². The van der Waals surface area contributed by atoms with E-state index in [9.17, 15) is 4.79 Å². The predicted octanol–water partition coefficient (Wildman–Crippen LogP) is 3.42. The Hall–Kier alpha value is -3.01. The van der Waals surface area contributed by atoms with Crippen molar-refractivity contribution < 1.29 is 9.53 Å². The van der Waals surface area contributed by atoms with Crippen LogP contribution in [0.3, 0.4) is 0 Å². The highest BCUT2D eigenvalue weighted by atomic mass is 16.5. The average Bonchev–Trinajstić information content (AvgIpc) is 3.14. The van der Waals surface area contributed by atoms with Gasteiger partial charge in [0, 0.05) is 30.2 Å². The van der Waals surface area contributed by atoms with Gasteiger partial charge in [-0.1, -0.05) is 12.1 Å². The molecule has 0 aliphatic heterocycles. The number of hydrogen-bond acceptors (Lipinski definition) is 2. The zero-order valence-electron chi connectivity index (χ0n) is 12.9. The lowest BCUT2D eigenvalue weighted by Crippen LogP contribution is -2.22. The van der Waals surface area contributed by atoms with Gasteiger partial charge in [-0.15, -0.1) is 0 Å². The Bertz CT molecular complexity index is 777. The Morgan fingerprint density at radius 1 is 1.04 bits per heavy atom. The van der Waals surface area contributed by atoms with Crippen LogP contribution in [0.5, 0.6) is 5.75 Å². The highest BCUT2D eigenvalue weighted by Crippen LogP contribution is 2.13. The summed E-state index contributed by atoms with van der Waals surface area (Å²) >= 11 is 0. The van der Waals surface area contributed by atoms with Crippen LogP contribution in [-0.2, 0) is 6.54 Å². The second-order valence-corrected chi connectivity index (χ2v) is 5.17. The van der Waals surface area contributed by atoms with Crippen LogP contribution < -0.4 is 10.1 Å². The fourth-order valence-corrected chi connectivity index (χ4v) is 2.36. The number of ether oxygens (including phenoxy) is 1. The third kappa shape index (κ3) is 3.61. The quantitative estimate of drug-likeness (QED) is 0.785. The van der Waals surface area contributed by atoms with Gasteiger partial charge in [0.25, 0.3) is 5.91 Å². The zero-order valence-corrected chi connectivity index (χ0v) is 12.9. The maximum Gasteiger partial charge on any atom is 0.251 e. The number of amides is 1. The van der Waals surface area contributed by atoms with Crippen LogP contribution in [0.1, 0.15) is 15.9 Å². The molecule has 0 spiro atoms. The second kappa shape index (κ2) is 6.83. The normalized spacial score (nSPS) is 10.3. The maximum atomic E-state index is 12.2. The lowest BCUT2D eigenvalue weighted by molar-refractivity contribution is 0.0951. The van der Waals surface area contributed by atoms with Crippen molar-refractivity contribution >= 4 is 5.91 Å². The molecule has 1 N–H and O–H groups in total. The van der Waals surface area contributed by atoms with Gasteiger partial charge in [0.1, 0.15) is 5.75 Å². The van der Waals surface area contributed by atoms with E-state index in [0.717, 1.165) is 17.0 Å². The van der Waals surface area contributed by atoms with E-state index in [1.54, 1.807) is 7.11 Å². The molecule has 0 saturated heterocycles. The molecule has 116 valence electrons. The first-order valence-electron chi connectivity index (χ1n) is 7.41. The molecule has 0 fully saturated rings. The minimum absolute atomic E-state index is 0.0909. The van der Waals surface area contributed by atoms with E-state index in [0.29, 0.717) is 12.1 Å². The maximum absolute atomic E-state index is 12.2. The first-order valence-corrected chi connectivity index (χ1v) is 7.41. The van der Waals surface area contributed by atoms with E-state index in [-0.39, 0.29) is 5.91 Å². The van der Waals surface area contributed by atoms with Crippen LogP contribution in [0, 0.1) is 0 Å². The SMILES string of the molecule is COc1cccc(CNC(=O)c2ccc(-n3cccc3)cc2)c1. The van der Waals surface area contributed by atoms with Gasteiger partial charge in [-0.3, -0.25) is 4.79 Å². The summed E-state index contributed by atoms with van der Waals surface area (Å²) in [5.74, 6) is 0.694. The predicted molar refractivity (Wildman–Crippen MR) is 89.9 cm³/mol. The molecule has 0 radical (unpaired) electrons.